The van der Waals surface area contributed by atoms with Gasteiger partial charge in [0.1, 0.15) is 17.5 Å². The number of benzene rings is 1. The van der Waals surface area contributed by atoms with E-state index in [4.69, 9.17) is 11.6 Å². The van der Waals surface area contributed by atoms with Gasteiger partial charge in [0.05, 0.1) is 10.7 Å². The van der Waals surface area contributed by atoms with Crippen LogP contribution in [0.2, 0.25) is 5.02 Å². The second-order valence-corrected chi connectivity index (χ2v) is 6.06. The molecule has 2 rings (SSSR count). The first-order chi connectivity index (χ1) is 10.0. The molecular formula is C13H13BrClFN4S. The minimum absolute atomic E-state index is 0.274. The predicted molar refractivity (Wildman–Crippen MR) is 90.4 cm³/mol. The summed E-state index contributed by atoms with van der Waals surface area (Å²) in [6.07, 6.45) is 1.90. The van der Waals surface area contributed by atoms with Crippen LogP contribution in [0.3, 0.4) is 0 Å². The summed E-state index contributed by atoms with van der Waals surface area (Å²) in [5.74, 6) is 0.895. The van der Waals surface area contributed by atoms with Crippen molar-refractivity contribution in [2.45, 2.75) is 12.1 Å². The molecule has 0 aliphatic heterocycles. The maximum Gasteiger partial charge on any atom is 0.191 e. The van der Waals surface area contributed by atoms with E-state index in [9.17, 15) is 4.39 Å². The molecule has 0 spiro atoms. The molecule has 0 unspecified atom stereocenters. The molecule has 112 valence electrons. The summed E-state index contributed by atoms with van der Waals surface area (Å²) >= 11 is 10.8. The highest BCUT2D eigenvalue weighted by Crippen LogP contribution is 2.34. The van der Waals surface area contributed by atoms with E-state index in [1.165, 1.54) is 23.9 Å². The van der Waals surface area contributed by atoms with Crippen LogP contribution in [0.25, 0.3) is 0 Å². The third-order valence-corrected chi connectivity index (χ3v) is 3.98. The van der Waals surface area contributed by atoms with Crippen LogP contribution in [0.1, 0.15) is 6.92 Å². The molecule has 0 saturated carbocycles. The first-order valence-corrected chi connectivity index (χ1v) is 8.51. The summed E-state index contributed by atoms with van der Waals surface area (Å²) < 4.78 is 13.8. The van der Waals surface area contributed by atoms with Crippen molar-refractivity contribution in [1.82, 2.24) is 9.97 Å². The molecular weight excluding hydrogens is 379 g/mol. The normalized spacial score (nSPS) is 10.5. The van der Waals surface area contributed by atoms with E-state index in [1.54, 1.807) is 6.07 Å². The van der Waals surface area contributed by atoms with Crippen LogP contribution in [0, 0.1) is 5.82 Å². The Balaban J connectivity index is 2.37. The molecule has 0 radical (unpaired) electrons. The van der Waals surface area contributed by atoms with Gasteiger partial charge in [-0.15, -0.1) is 0 Å². The smallest absolute Gasteiger partial charge is 0.191 e. The van der Waals surface area contributed by atoms with E-state index in [-0.39, 0.29) is 5.02 Å². The highest BCUT2D eigenvalue weighted by Gasteiger charge is 2.11. The first kappa shape index (κ1) is 16.3. The Morgan fingerprint density at radius 2 is 2.00 bits per heavy atom. The largest absolute Gasteiger partial charge is 0.370 e. The Hall–Kier alpha value is -1.05. The predicted octanol–water partition coefficient (Wildman–Crippen LogP) is 4.93. The summed E-state index contributed by atoms with van der Waals surface area (Å²) in [6.45, 7) is 2.74. The fourth-order valence-corrected chi connectivity index (χ4v) is 2.92. The molecule has 21 heavy (non-hydrogen) atoms. The molecule has 0 bridgehead atoms. The summed E-state index contributed by atoms with van der Waals surface area (Å²) in [5.41, 5.74) is 0.561. The number of anilines is 3. The second-order valence-electron chi connectivity index (χ2n) is 4.02. The minimum Gasteiger partial charge on any atom is -0.370 e. The number of thioether (sulfide) groups is 1. The van der Waals surface area contributed by atoms with Crippen LogP contribution in [-0.2, 0) is 0 Å². The highest BCUT2D eigenvalue weighted by atomic mass is 79.9. The van der Waals surface area contributed by atoms with Crippen LogP contribution >= 0.6 is 39.3 Å². The molecule has 1 aromatic carbocycles. The molecule has 0 amide bonds. The number of aromatic nitrogens is 2. The summed E-state index contributed by atoms with van der Waals surface area (Å²) in [4.78, 5) is 8.70. The van der Waals surface area contributed by atoms with Crippen LogP contribution in [-0.4, -0.2) is 22.8 Å². The molecule has 0 saturated heterocycles. The Labute approximate surface area is 140 Å². The maximum atomic E-state index is 13.2. The Morgan fingerprint density at radius 3 is 2.62 bits per heavy atom. The molecule has 1 aromatic heterocycles. The lowest BCUT2D eigenvalue weighted by Gasteiger charge is -2.12. The summed E-state index contributed by atoms with van der Waals surface area (Å²) in [7, 11) is 0. The van der Waals surface area contributed by atoms with Gasteiger partial charge in [0.2, 0.25) is 0 Å². The maximum absolute atomic E-state index is 13.2. The molecule has 8 heteroatoms. The SMILES string of the molecule is CCNc1cc(Nc2c(Cl)cc(F)cc2Br)nc(SC)n1. The molecule has 0 aliphatic rings. The lowest BCUT2D eigenvalue weighted by Crippen LogP contribution is -2.04. The van der Waals surface area contributed by atoms with Gasteiger partial charge in [-0.05, 0) is 41.2 Å². The first-order valence-electron chi connectivity index (χ1n) is 6.12. The van der Waals surface area contributed by atoms with Crippen molar-refractivity contribution in [3.63, 3.8) is 0 Å². The highest BCUT2D eigenvalue weighted by molar-refractivity contribution is 9.10. The zero-order valence-electron chi connectivity index (χ0n) is 11.4. The van der Waals surface area contributed by atoms with E-state index in [0.29, 0.717) is 27.0 Å². The van der Waals surface area contributed by atoms with Crippen LogP contribution in [0.4, 0.5) is 21.7 Å². The van der Waals surface area contributed by atoms with E-state index >= 15 is 0 Å². The molecule has 0 aliphatic carbocycles. The molecule has 2 N–H and O–H groups in total. The standard InChI is InChI=1S/C13H13BrClFN4S/c1-3-17-10-6-11(20-13(19-10)21-2)18-12-8(14)4-7(16)5-9(12)15/h4-6H,3H2,1-2H3,(H2,17,18,19,20). The van der Waals surface area contributed by atoms with Gasteiger partial charge in [-0.2, -0.15) is 0 Å². The molecule has 4 nitrogen and oxygen atoms in total. The van der Waals surface area contributed by atoms with Gasteiger partial charge >= 0.3 is 0 Å². The quantitative estimate of drug-likeness (QED) is 0.559. The Bertz CT molecular complexity index is 633. The van der Waals surface area contributed by atoms with E-state index in [2.05, 4.69) is 36.5 Å². The number of rotatable bonds is 5. The number of nitrogens with one attached hydrogen (secondary N) is 2. The van der Waals surface area contributed by atoms with E-state index < -0.39 is 5.82 Å². The van der Waals surface area contributed by atoms with Crippen molar-refractivity contribution >= 4 is 56.6 Å². The van der Waals surface area contributed by atoms with Gasteiger partial charge < -0.3 is 10.6 Å². The lowest BCUT2D eigenvalue weighted by molar-refractivity contribution is 0.627. The van der Waals surface area contributed by atoms with Crippen molar-refractivity contribution < 1.29 is 4.39 Å². The van der Waals surface area contributed by atoms with Crippen molar-refractivity contribution in [3.8, 4) is 0 Å². The van der Waals surface area contributed by atoms with Gasteiger partial charge in [-0.3, -0.25) is 0 Å². The molecule has 2 aromatic rings. The third kappa shape index (κ3) is 4.21. The molecule has 1 heterocycles. The topological polar surface area (TPSA) is 49.8 Å². The number of nitrogens with zero attached hydrogens (tertiary/aromatic N) is 2. The van der Waals surface area contributed by atoms with Crippen molar-refractivity contribution in [1.29, 1.82) is 0 Å². The Kier molecular flexibility index (Phi) is 5.66. The Morgan fingerprint density at radius 1 is 1.29 bits per heavy atom. The fraction of sp³-hybridized carbons (Fsp3) is 0.231. The van der Waals surface area contributed by atoms with Crippen LogP contribution < -0.4 is 10.6 Å². The zero-order valence-corrected chi connectivity index (χ0v) is 14.5. The van der Waals surface area contributed by atoms with Gasteiger partial charge in [-0.25, -0.2) is 14.4 Å². The third-order valence-electron chi connectivity index (χ3n) is 2.51. The zero-order chi connectivity index (χ0) is 15.4. The van der Waals surface area contributed by atoms with Gasteiger partial charge in [-0.1, -0.05) is 23.4 Å². The number of halogens is 3. The monoisotopic (exact) mass is 390 g/mol. The van der Waals surface area contributed by atoms with Crippen molar-refractivity contribution in [2.75, 3.05) is 23.4 Å². The second kappa shape index (κ2) is 7.29. The van der Waals surface area contributed by atoms with E-state index in [0.717, 1.165) is 6.54 Å². The van der Waals surface area contributed by atoms with Gasteiger partial charge in [0.25, 0.3) is 0 Å². The van der Waals surface area contributed by atoms with E-state index in [1.807, 2.05) is 13.2 Å². The lowest BCUT2D eigenvalue weighted by atomic mass is 10.3. The average molecular weight is 392 g/mol. The van der Waals surface area contributed by atoms with Crippen molar-refractivity contribution in [3.05, 3.63) is 33.5 Å². The minimum atomic E-state index is -0.404. The van der Waals surface area contributed by atoms with Crippen LogP contribution in [0.5, 0.6) is 0 Å². The van der Waals surface area contributed by atoms with Crippen molar-refractivity contribution in [2.24, 2.45) is 0 Å². The van der Waals surface area contributed by atoms with Crippen LogP contribution in [0.15, 0.2) is 27.8 Å². The summed E-state index contributed by atoms with van der Waals surface area (Å²) in [6, 6.07) is 4.36. The molecule has 0 fully saturated rings. The fourth-order valence-electron chi connectivity index (χ4n) is 1.64. The van der Waals surface area contributed by atoms with Gasteiger partial charge in [0, 0.05) is 17.1 Å². The van der Waals surface area contributed by atoms with Gasteiger partial charge in [0.15, 0.2) is 5.16 Å². The number of hydrogen-bond donors (Lipinski definition) is 2. The summed E-state index contributed by atoms with van der Waals surface area (Å²) in [5, 5.41) is 7.13. The molecule has 0 atom stereocenters. The number of hydrogen-bond acceptors (Lipinski definition) is 5. The average Bonchev–Trinajstić information content (AvgIpc) is 2.43.